The normalized spacial score (nSPS) is 35.7. The highest BCUT2D eigenvalue weighted by atomic mass is 35.5. The predicted molar refractivity (Wildman–Crippen MR) is 99.0 cm³/mol. The second-order valence-corrected chi connectivity index (χ2v) is 10.3. The predicted octanol–water partition coefficient (Wildman–Crippen LogP) is 2.33. The first-order chi connectivity index (χ1) is 12.7. The lowest BCUT2D eigenvalue weighted by molar-refractivity contribution is -0.0121. The van der Waals surface area contributed by atoms with Crippen LogP contribution in [-0.2, 0) is 14.8 Å². The number of hydrogen-bond donors (Lipinski definition) is 2. The summed E-state index contributed by atoms with van der Waals surface area (Å²) >= 11 is 6.21. The van der Waals surface area contributed by atoms with Gasteiger partial charge in [-0.05, 0) is 62.8 Å². The number of pyridine rings is 1. The quantitative estimate of drug-likeness (QED) is 0.738. The Hall–Kier alpha value is -0.930. The van der Waals surface area contributed by atoms with Crippen LogP contribution in [0, 0.1) is 17.8 Å². The Morgan fingerprint density at radius 3 is 2.89 bits per heavy atom. The van der Waals surface area contributed by atoms with Crippen molar-refractivity contribution in [1.29, 1.82) is 0 Å². The van der Waals surface area contributed by atoms with Crippen molar-refractivity contribution in [2.24, 2.45) is 17.8 Å². The van der Waals surface area contributed by atoms with Gasteiger partial charge in [0.2, 0.25) is 15.9 Å². The van der Waals surface area contributed by atoms with Crippen molar-refractivity contribution in [2.45, 2.75) is 55.8 Å². The van der Waals surface area contributed by atoms with E-state index in [9.17, 15) is 13.5 Å². The van der Waals surface area contributed by atoms with Crippen LogP contribution in [0.25, 0.3) is 0 Å². The molecule has 2 saturated carbocycles. The van der Waals surface area contributed by atoms with Crippen molar-refractivity contribution in [1.82, 2.24) is 9.71 Å². The number of ether oxygens (including phenoxy) is 2. The summed E-state index contributed by atoms with van der Waals surface area (Å²) in [6.07, 6.45) is 5.01. The molecule has 9 heteroatoms. The van der Waals surface area contributed by atoms with Gasteiger partial charge >= 0.3 is 0 Å². The van der Waals surface area contributed by atoms with Crippen molar-refractivity contribution >= 4 is 21.6 Å². The molecular weight excluding hydrogens is 392 g/mol. The Balaban J connectivity index is 1.38. The van der Waals surface area contributed by atoms with Crippen LogP contribution in [-0.4, -0.2) is 43.6 Å². The summed E-state index contributed by atoms with van der Waals surface area (Å²) in [5, 5.41) is 10.5. The first-order valence-electron chi connectivity index (χ1n) is 9.39. The minimum absolute atomic E-state index is 0.00804. The maximum Gasteiger partial charge on any atom is 0.244 e. The number of hydrogen-bond acceptors (Lipinski definition) is 6. The van der Waals surface area contributed by atoms with Gasteiger partial charge in [-0.3, -0.25) is 0 Å². The Morgan fingerprint density at radius 1 is 1.48 bits per heavy atom. The molecule has 0 radical (unpaired) electrons. The second kappa shape index (κ2) is 7.15. The van der Waals surface area contributed by atoms with Crippen molar-refractivity contribution in [2.75, 3.05) is 13.2 Å². The lowest BCUT2D eigenvalue weighted by Crippen LogP contribution is -2.35. The van der Waals surface area contributed by atoms with Gasteiger partial charge in [-0.25, -0.2) is 13.4 Å². The molecule has 2 heterocycles. The average molecular weight is 417 g/mol. The average Bonchev–Trinajstić information content (AvgIpc) is 3.29. The van der Waals surface area contributed by atoms with Gasteiger partial charge in [-0.15, -0.1) is 0 Å². The van der Waals surface area contributed by atoms with Gasteiger partial charge in [-0.1, -0.05) is 11.6 Å². The summed E-state index contributed by atoms with van der Waals surface area (Å²) in [6.45, 7) is 2.94. The summed E-state index contributed by atoms with van der Waals surface area (Å²) in [5.74, 6) is 1.40. The molecule has 2 N–H and O–H groups in total. The van der Waals surface area contributed by atoms with Gasteiger partial charge in [0, 0.05) is 6.61 Å². The number of rotatable bonds is 6. The summed E-state index contributed by atoms with van der Waals surface area (Å²) in [4.78, 5) is 4.10. The van der Waals surface area contributed by atoms with Gasteiger partial charge in [0.15, 0.2) is 0 Å². The molecule has 150 valence electrons. The van der Waals surface area contributed by atoms with E-state index in [0.29, 0.717) is 37.4 Å². The zero-order valence-electron chi connectivity index (χ0n) is 15.2. The van der Waals surface area contributed by atoms with Crippen molar-refractivity contribution in [3.8, 4) is 5.88 Å². The molecule has 1 unspecified atom stereocenters. The number of fused-ring (bicyclic) bond motifs is 2. The lowest BCUT2D eigenvalue weighted by atomic mass is 9.80. The molecule has 1 aliphatic heterocycles. The molecule has 2 aliphatic carbocycles. The van der Waals surface area contributed by atoms with E-state index in [1.807, 2.05) is 6.92 Å². The monoisotopic (exact) mass is 416 g/mol. The Morgan fingerprint density at radius 2 is 2.30 bits per heavy atom. The second-order valence-electron chi connectivity index (χ2n) is 8.14. The van der Waals surface area contributed by atoms with E-state index in [1.54, 1.807) is 0 Å². The number of nitrogens with one attached hydrogen (secondary N) is 1. The smallest absolute Gasteiger partial charge is 0.244 e. The van der Waals surface area contributed by atoms with E-state index in [-0.39, 0.29) is 15.8 Å². The molecule has 1 aromatic rings. The van der Waals surface area contributed by atoms with E-state index in [1.165, 1.54) is 12.3 Å². The van der Waals surface area contributed by atoms with E-state index in [2.05, 4.69) is 9.71 Å². The third-order valence-corrected chi connectivity index (χ3v) is 7.83. The van der Waals surface area contributed by atoms with Crippen LogP contribution in [0.5, 0.6) is 5.88 Å². The van der Waals surface area contributed by atoms with Crippen LogP contribution in [0.4, 0.5) is 0 Å². The SMILES string of the molecule is C[C@@]1(O)C[C@@H]2C[C@@H]1C[C@H]2COc1ncc(S(=O)(=O)NC2CCCO2)cc1Cl. The van der Waals surface area contributed by atoms with Crippen LogP contribution in [0.3, 0.4) is 0 Å². The van der Waals surface area contributed by atoms with Crippen LogP contribution in [0.1, 0.15) is 39.0 Å². The molecule has 0 spiro atoms. The van der Waals surface area contributed by atoms with E-state index < -0.39 is 21.9 Å². The van der Waals surface area contributed by atoms with Gasteiger partial charge < -0.3 is 14.6 Å². The zero-order valence-corrected chi connectivity index (χ0v) is 16.8. The lowest BCUT2D eigenvalue weighted by Gasteiger charge is -2.32. The standard InChI is InChI=1S/C18H25ClN2O5S/c1-18(22)8-11-5-13(18)6-12(11)10-26-17-15(19)7-14(9-20-17)27(23,24)21-16-3-2-4-25-16/h7,9,11-13,16,21-22H,2-6,8,10H2,1H3/t11-,12-,13+,16?,18+/m0/s1. The van der Waals surface area contributed by atoms with Crippen LogP contribution in [0.2, 0.25) is 5.02 Å². The topological polar surface area (TPSA) is 97.8 Å². The van der Waals surface area contributed by atoms with Gasteiger partial charge in [0.1, 0.15) is 16.1 Å². The number of aromatic nitrogens is 1. The van der Waals surface area contributed by atoms with E-state index in [4.69, 9.17) is 21.1 Å². The highest BCUT2D eigenvalue weighted by Gasteiger charge is 2.51. The molecule has 0 amide bonds. The minimum Gasteiger partial charge on any atom is -0.476 e. The van der Waals surface area contributed by atoms with Crippen LogP contribution in [0.15, 0.2) is 17.2 Å². The number of nitrogens with zero attached hydrogens (tertiary/aromatic N) is 1. The summed E-state index contributed by atoms with van der Waals surface area (Å²) < 4.78 is 38.4. The van der Waals surface area contributed by atoms with Crippen molar-refractivity contribution < 1.29 is 23.0 Å². The van der Waals surface area contributed by atoms with E-state index in [0.717, 1.165) is 25.7 Å². The molecule has 1 aromatic heterocycles. The molecular formula is C18H25ClN2O5S. The largest absolute Gasteiger partial charge is 0.476 e. The number of halogens is 1. The summed E-state index contributed by atoms with van der Waals surface area (Å²) in [5.41, 5.74) is -0.552. The Bertz CT molecular complexity index is 810. The fraction of sp³-hybridized carbons (Fsp3) is 0.722. The van der Waals surface area contributed by atoms with Crippen LogP contribution >= 0.6 is 11.6 Å². The Kier molecular flexibility index (Phi) is 5.13. The highest BCUT2D eigenvalue weighted by molar-refractivity contribution is 7.89. The molecule has 27 heavy (non-hydrogen) atoms. The van der Waals surface area contributed by atoms with Gasteiger partial charge in [0.25, 0.3) is 0 Å². The third-order valence-electron chi connectivity index (χ3n) is 6.14. The highest BCUT2D eigenvalue weighted by Crippen LogP contribution is 2.53. The Labute approximate surface area is 164 Å². The fourth-order valence-corrected chi connectivity index (χ4v) is 6.05. The summed E-state index contributed by atoms with van der Waals surface area (Å²) in [6, 6.07) is 1.35. The fourth-order valence-electron chi connectivity index (χ4n) is 4.63. The number of aliphatic hydroxyl groups is 1. The molecule has 1 saturated heterocycles. The van der Waals surface area contributed by atoms with Crippen LogP contribution < -0.4 is 9.46 Å². The van der Waals surface area contributed by atoms with Gasteiger partial charge in [0.05, 0.1) is 18.4 Å². The van der Waals surface area contributed by atoms with Crippen molar-refractivity contribution in [3.05, 3.63) is 17.3 Å². The zero-order chi connectivity index (χ0) is 19.2. The minimum atomic E-state index is -3.74. The molecule has 7 nitrogen and oxygen atoms in total. The molecule has 4 rings (SSSR count). The summed E-state index contributed by atoms with van der Waals surface area (Å²) in [7, 11) is -3.74. The van der Waals surface area contributed by atoms with Gasteiger partial charge in [-0.2, -0.15) is 4.72 Å². The van der Waals surface area contributed by atoms with Crippen molar-refractivity contribution in [3.63, 3.8) is 0 Å². The first-order valence-corrected chi connectivity index (χ1v) is 11.3. The maximum absolute atomic E-state index is 12.4. The molecule has 3 fully saturated rings. The third kappa shape index (κ3) is 3.96. The molecule has 5 atom stereocenters. The molecule has 2 bridgehead atoms. The number of sulfonamides is 1. The maximum atomic E-state index is 12.4. The molecule has 0 aromatic carbocycles. The van der Waals surface area contributed by atoms with E-state index >= 15 is 0 Å². The first kappa shape index (κ1) is 19.4. The molecule has 3 aliphatic rings.